The van der Waals surface area contributed by atoms with Crippen molar-refractivity contribution in [1.29, 1.82) is 0 Å². The molecule has 1 aliphatic rings. The summed E-state index contributed by atoms with van der Waals surface area (Å²) >= 11 is 0. The smallest absolute Gasteiger partial charge is 0.252 e. The summed E-state index contributed by atoms with van der Waals surface area (Å²) in [6.45, 7) is 5.75. The second-order valence-electron chi connectivity index (χ2n) is 8.88. The molecule has 2 rings (SSSR count). The summed E-state index contributed by atoms with van der Waals surface area (Å²) in [5.41, 5.74) is 13.0. The number of halogens is 1. The number of hydrogen-bond donors (Lipinski definition) is 4. The standard InChI is InChI=1S/C26H39FN8O/c1-6-9-19-14-21(35(5)13-8-7-12-30-4)11-10-20(16-31-19)33-25-22(24(29)36)15-23(27)26(34-25)32-18(3)17(2)28/h8,10-13,15-18,21H,6-7,9,14,28H2,1-5H3,(H2,29,36)(H2,32,33,34)/b11-10-,13-8-,20-16+,30-12?,31-19?. The Morgan fingerprint density at radius 3 is 2.78 bits per heavy atom. The van der Waals surface area contributed by atoms with Gasteiger partial charge in [0.15, 0.2) is 11.6 Å². The molecule has 36 heavy (non-hydrogen) atoms. The van der Waals surface area contributed by atoms with E-state index in [1.807, 2.05) is 45.5 Å². The largest absolute Gasteiger partial charge is 0.374 e. The quantitative estimate of drug-likeness (QED) is 0.324. The Morgan fingerprint density at radius 1 is 1.39 bits per heavy atom. The van der Waals surface area contributed by atoms with Gasteiger partial charge in [0.25, 0.3) is 5.91 Å². The van der Waals surface area contributed by atoms with E-state index in [0.717, 1.165) is 37.5 Å². The van der Waals surface area contributed by atoms with E-state index in [0.29, 0.717) is 5.70 Å². The Morgan fingerprint density at radius 2 is 2.14 bits per heavy atom. The maximum Gasteiger partial charge on any atom is 0.252 e. The first-order valence-electron chi connectivity index (χ1n) is 12.2. The molecule has 3 atom stereocenters. The summed E-state index contributed by atoms with van der Waals surface area (Å²) in [6, 6.07) is 0.664. The molecule has 0 saturated carbocycles. The minimum Gasteiger partial charge on any atom is -0.374 e. The highest BCUT2D eigenvalue weighted by Crippen LogP contribution is 2.23. The van der Waals surface area contributed by atoms with Gasteiger partial charge in [-0.15, -0.1) is 0 Å². The summed E-state index contributed by atoms with van der Waals surface area (Å²) in [7, 11) is 3.77. The van der Waals surface area contributed by atoms with Crippen LogP contribution in [0.3, 0.4) is 0 Å². The highest BCUT2D eigenvalue weighted by atomic mass is 19.1. The number of likely N-dealkylation sites (N-methyl/N-ethyl adjacent to an activating group) is 1. The van der Waals surface area contributed by atoms with Gasteiger partial charge in [-0.3, -0.25) is 9.79 Å². The molecule has 0 bridgehead atoms. The van der Waals surface area contributed by atoms with E-state index in [2.05, 4.69) is 38.5 Å². The van der Waals surface area contributed by atoms with Gasteiger partial charge in [0.05, 0.1) is 23.5 Å². The van der Waals surface area contributed by atoms with Crippen LogP contribution in [0.5, 0.6) is 0 Å². The zero-order valence-corrected chi connectivity index (χ0v) is 21.8. The van der Waals surface area contributed by atoms with Crippen molar-refractivity contribution in [1.82, 2.24) is 9.88 Å². The molecule has 0 spiro atoms. The third kappa shape index (κ3) is 8.60. The van der Waals surface area contributed by atoms with Crippen molar-refractivity contribution in [3.05, 3.63) is 53.8 Å². The first-order valence-corrected chi connectivity index (χ1v) is 12.2. The number of hydrogen-bond acceptors (Lipinski definition) is 8. The van der Waals surface area contributed by atoms with E-state index < -0.39 is 11.7 Å². The fourth-order valence-electron chi connectivity index (χ4n) is 3.45. The van der Waals surface area contributed by atoms with Crippen molar-refractivity contribution in [2.24, 2.45) is 21.5 Å². The van der Waals surface area contributed by atoms with Crippen molar-refractivity contribution >= 4 is 29.5 Å². The van der Waals surface area contributed by atoms with Crippen molar-refractivity contribution in [3.63, 3.8) is 0 Å². The van der Waals surface area contributed by atoms with Crippen LogP contribution < -0.4 is 22.1 Å². The van der Waals surface area contributed by atoms with Gasteiger partial charge in [0, 0.05) is 50.9 Å². The molecule has 0 fully saturated rings. The number of nitrogens with one attached hydrogen (secondary N) is 2. The Balaban J connectivity index is 2.39. The molecule has 6 N–H and O–H groups in total. The molecule has 0 aromatic carbocycles. The van der Waals surface area contributed by atoms with Gasteiger partial charge < -0.3 is 32.0 Å². The number of nitrogens with zero attached hydrogens (tertiary/aromatic N) is 4. The summed E-state index contributed by atoms with van der Waals surface area (Å²) in [6.07, 6.45) is 14.9. The number of rotatable bonds is 12. The summed E-state index contributed by atoms with van der Waals surface area (Å²) < 4.78 is 14.7. The first-order chi connectivity index (χ1) is 17.2. The Hall–Kier alpha value is -3.53. The average Bonchev–Trinajstić information content (AvgIpc) is 2.81. The second-order valence-corrected chi connectivity index (χ2v) is 8.88. The molecule has 2 heterocycles. The maximum atomic E-state index is 14.7. The zero-order chi connectivity index (χ0) is 26.7. The van der Waals surface area contributed by atoms with Gasteiger partial charge in [-0.2, -0.15) is 0 Å². The number of nitrogens with two attached hydrogens (primary N) is 2. The molecule has 3 unspecified atom stereocenters. The summed E-state index contributed by atoms with van der Waals surface area (Å²) in [5.74, 6) is -1.36. The van der Waals surface area contributed by atoms with Crippen molar-refractivity contribution in [3.8, 4) is 0 Å². The maximum absolute atomic E-state index is 14.7. The predicted molar refractivity (Wildman–Crippen MR) is 147 cm³/mol. The van der Waals surface area contributed by atoms with E-state index in [1.165, 1.54) is 0 Å². The van der Waals surface area contributed by atoms with Crippen LogP contribution in [0.15, 0.2) is 52.4 Å². The zero-order valence-electron chi connectivity index (χ0n) is 21.8. The molecule has 1 amide bonds. The van der Waals surface area contributed by atoms with Crippen LogP contribution in [0.25, 0.3) is 0 Å². The van der Waals surface area contributed by atoms with Crippen molar-refractivity contribution < 1.29 is 9.18 Å². The molecule has 1 aromatic rings. The Labute approximate surface area is 213 Å². The molecule has 0 radical (unpaired) electrons. The minimum atomic E-state index is -0.792. The number of aromatic nitrogens is 1. The normalized spacial score (nSPS) is 20.1. The molecule has 0 saturated heterocycles. The number of pyridine rings is 1. The van der Waals surface area contributed by atoms with Gasteiger partial charge in [-0.25, -0.2) is 9.37 Å². The van der Waals surface area contributed by atoms with Crippen LogP contribution >= 0.6 is 0 Å². The molecule has 9 nitrogen and oxygen atoms in total. The number of amides is 1. The van der Waals surface area contributed by atoms with E-state index >= 15 is 0 Å². The lowest BCUT2D eigenvalue weighted by atomic mass is 10.0. The summed E-state index contributed by atoms with van der Waals surface area (Å²) in [4.78, 5) is 27.2. The number of allylic oxidation sites excluding steroid dienone is 2. The molecular formula is C26H39FN8O. The Kier molecular flexibility index (Phi) is 11.3. The van der Waals surface area contributed by atoms with Crippen LogP contribution in [-0.2, 0) is 0 Å². The minimum absolute atomic E-state index is 0.0173. The number of carbonyl (C=O) groups excluding carboxylic acids is 1. The molecule has 0 aliphatic carbocycles. The highest BCUT2D eigenvalue weighted by Gasteiger charge is 2.19. The lowest BCUT2D eigenvalue weighted by Crippen LogP contribution is -2.36. The SMILES string of the molecule is CCCC1=N/C=C(Nc2nc(NC(C)C(C)N)c(F)cc2C(N)=O)\C=C/C(N(C)/C=C\CC=NC)C1. The topological polar surface area (TPSA) is 134 Å². The molecule has 196 valence electrons. The lowest BCUT2D eigenvalue weighted by molar-refractivity contribution is 0.100. The van der Waals surface area contributed by atoms with E-state index in [4.69, 9.17) is 16.5 Å². The van der Waals surface area contributed by atoms with Crippen molar-refractivity contribution in [2.75, 3.05) is 24.7 Å². The third-order valence-corrected chi connectivity index (χ3v) is 5.81. The van der Waals surface area contributed by atoms with Crippen LogP contribution in [-0.4, -0.2) is 59.9 Å². The fraction of sp³-hybridized carbons (Fsp3) is 0.462. The molecule has 10 heteroatoms. The van der Waals surface area contributed by atoms with E-state index in [1.54, 1.807) is 13.2 Å². The van der Waals surface area contributed by atoms with Crippen LogP contribution in [0.4, 0.5) is 16.0 Å². The van der Waals surface area contributed by atoms with Gasteiger partial charge in [-0.1, -0.05) is 25.5 Å². The predicted octanol–water partition coefficient (Wildman–Crippen LogP) is 3.83. The second kappa shape index (κ2) is 14.1. The van der Waals surface area contributed by atoms with Crippen molar-refractivity contribution in [2.45, 2.75) is 64.6 Å². The number of aliphatic imine (C=N–C) groups is 2. The first kappa shape index (κ1) is 28.7. The molecule has 1 aromatic heterocycles. The Bertz CT molecular complexity index is 1040. The van der Waals surface area contributed by atoms with Gasteiger partial charge in [0.1, 0.15) is 5.82 Å². The number of anilines is 2. The summed E-state index contributed by atoms with van der Waals surface area (Å²) in [5, 5.41) is 6.07. The average molecular weight is 499 g/mol. The highest BCUT2D eigenvalue weighted by molar-refractivity contribution is 5.98. The van der Waals surface area contributed by atoms with Gasteiger partial charge >= 0.3 is 0 Å². The monoisotopic (exact) mass is 498 g/mol. The van der Waals surface area contributed by atoms with Crippen LogP contribution in [0.1, 0.15) is 56.8 Å². The number of carbonyl (C=O) groups is 1. The van der Waals surface area contributed by atoms with E-state index in [9.17, 15) is 9.18 Å². The van der Waals surface area contributed by atoms with Gasteiger partial charge in [0.2, 0.25) is 0 Å². The molecule has 1 aliphatic heterocycles. The lowest BCUT2D eigenvalue weighted by Gasteiger charge is -2.26. The van der Waals surface area contributed by atoms with Crippen LogP contribution in [0, 0.1) is 5.82 Å². The molecular weight excluding hydrogens is 459 g/mol. The third-order valence-electron chi connectivity index (χ3n) is 5.81. The fourth-order valence-corrected chi connectivity index (χ4v) is 3.45. The van der Waals surface area contributed by atoms with Crippen LogP contribution in [0.2, 0.25) is 0 Å². The van der Waals surface area contributed by atoms with E-state index in [-0.39, 0.29) is 35.3 Å². The van der Waals surface area contributed by atoms with Gasteiger partial charge in [-0.05, 0) is 38.6 Å². The number of primary amides is 1.